The SMILES string of the molecule is Cc1nc(-c2cc(Cl)ccn2)nc(NC[C@H](NC(=O)CCCN2CCNCC2)c2ccccc2)c1Cl. The van der Waals surface area contributed by atoms with E-state index in [-0.39, 0.29) is 11.9 Å². The van der Waals surface area contributed by atoms with Crippen molar-refractivity contribution >= 4 is 34.9 Å². The van der Waals surface area contributed by atoms with Crippen LogP contribution in [0.1, 0.15) is 30.1 Å². The summed E-state index contributed by atoms with van der Waals surface area (Å²) in [5.74, 6) is 0.930. The van der Waals surface area contributed by atoms with E-state index in [9.17, 15) is 4.79 Å². The predicted octanol–water partition coefficient (Wildman–Crippen LogP) is 4.11. The van der Waals surface area contributed by atoms with E-state index in [1.165, 1.54) is 0 Å². The molecule has 1 atom stereocenters. The van der Waals surface area contributed by atoms with Crippen molar-refractivity contribution in [1.82, 2.24) is 30.5 Å². The van der Waals surface area contributed by atoms with Gasteiger partial charge in [-0.3, -0.25) is 9.78 Å². The smallest absolute Gasteiger partial charge is 0.220 e. The molecule has 4 rings (SSSR count). The van der Waals surface area contributed by atoms with Gasteiger partial charge >= 0.3 is 0 Å². The number of nitrogens with one attached hydrogen (secondary N) is 3. The zero-order valence-electron chi connectivity index (χ0n) is 20.3. The third-order valence-electron chi connectivity index (χ3n) is 6.07. The van der Waals surface area contributed by atoms with Crippen molar-refractivity contribution < 1.29 is 4.79 Å². The summed E-state index contributed by atoms with van der Waals surface area (Å²) in [6, 6.07) is 13.0. The van der Waals surface area contributed by atoms with Gasteiger partial charge in [0.2, 0.25) is 5.91 Å². The lowest BCUT2D eigenvalue weighted by Crippen LogP contribution is -2.44. The Balaban J connectivity index is 1.43. The van der Waals surface area contributed by atoms with Crippen molar-refractivity contribution in [1.29, 1.82) is 0 Å². The molecule has 3 aromatic rings. The molecule has 8 nitrogen and oxygen atoms in total. The van der Waals surface area contributed by atoms with Crippen LogP contribution in [0.4, 0.5) is 5.82 Å². The Morgan fingerprint density at radius 1 is 1.14 bits per heavy atom. The first kappa shape index (κ1) is 26.3. The van der Waals surface area contributed by atoms with Crippen LogP contribution < -0.4 is 16.0 Å². The first-order valence-electron chi connectivity index (χ1n) is 12.2. The maximum atomic E-state index is 12.8. The van der Waals surface area contributed by atoms with Crippen molar-refractivity contribution in [3.63, 3.8) is 0 Å². The molecule has 190 valence electrons. The molecular formula is C26H31Cl2N7O. The van der Waals surface area contributed by atoms with Crippen LogP contribution in [-0.2, 0) is 4.79 Å². The van der Waals surface area contributed by atoms with Crippen LogP contribution in [0, 0.1) is 6.92 Å². The number of halogens is 2. The van der Waals surface area contributed by atoms with Crippen molar-refractivity contribution in [3.05, 3.63) is 70.0 Å². The monoisotopic (exact) mass is 527 g/mol. The summed E-state index contributed by atoms with van der Waals surface area (Å²) < 4.78 is 0. The highest BCUT2D eigenvalue weighted by Gasteiger charge is 2.18. The Kier molecular flexibility index (Phi) is 9.47. The van der Waals surface area contributed by atoms with Crippen molar-refractivity contribution in [2.75, 3.05) is 44.6 Å². The van der Waals surface area contributed by atoms with E-state index in [4.69, 9.17) is 23.2 Å². The van der Waals surface area contributed by atoms with Crippen molar-refractivity contribution in [3.8, 4) is 11.5 Å². The number of pyridine rings is 1. The first-order chi connectivity index (χ1) is 17.5. The average molecular weight is 528 g/mol. The van der Waals surface area contributed by atoms with Crippen molar-refractivity contribution in [2.45, 2.75) is 25.8 Å². The topological polar surface area (TPSA) is 95.1 Å². The van der Waals surface area contributed by atoms with Crippen LogP contribution in [0.15, 0.2) is 48.7 Å². The number of hydrogen-bond donors (Lipinski definition) is 3. The molecule has 0 radical (unpaired) electrons. The highest BCUT2D eigenvalue weighted by molar-refractivity contribution is 6.33. The minimum absolute atomic E-state index is 0.0227. The lowest BCUT2D eigenvalue weighted by Gasteiger charge is -2.27. The molecule has 0 unspecified atom stereocenters. The van der Waals surface area contributed by atoms with E-state index in [0.29, 0.717) is 46.0 Å². The number of carbonyl (C=O) groups excluding carboxylic acids is 1. The van der Waals surface area contributed by atoms with Crippen molar-refractivity contribution in [2.24, 2.45) is 0 Å². The van der Waals surface area contributed by atoms with Crippen LogP contribution in [0.2, 0.25) is 10.0 Å². The molecule has 1 aromatic carbocycles. The Morgan fingerprint density at radius 2 is 1.92 bits per heavy atom. The zero-order chi connectivity index (χ0) is 25.3. The van der Waals surface area contributed by atoms with E-state index >= 15 is 0 Å². The van der Waals surface area contributed by atoms with Crippen LogP contribution in [-0.4, -0.2) is 65.0 Å². The molecule has 0 saturated carbocycles. The number of aryl methyl sites for hydroxylation is 1. The Hall–Kier alpha value is -2.78. The van der Waals surface area contributed by atoms with Gasteiger partial charge in [-0.1, -0.05) is 53.5 Å². The van der Waals surface area contributed by atoms with Crippen LogP contribution >= 0.6 is 23.2 Å². The number of anilines is 1. The largest absolute Gasteiger partial charge is 0.366 e. The maximum absolute atomic E-state index is 12.8. The summed E-state index contributed by atoms with van der Waals surface area (Å²) in [5, 5.41) is 10.8. The molecule has 3 N–H and O–H groups in total. The molecule has 0 aliphatic carbocycles. The fourth-order valence-corrected chi connectivity index (χ4v) is 4.43. The number of benzene rings is 1. The molecule has 1 amide bonds. The fourth-order valence-electron chi connectivity index (χ4n) is 4.12. The molecule has 36 heavy (non-hydrogen) atoms. The molecular weight excluding hydrogens is 497 g/mol. The van der Waals surface area contributed by atoms with E-state index in [1.807, 2.05) is 37.3 Å². The number of piperazine rings is 1. The molecule has 0 spiro atoms. The standard InChI is InChI=1S/C26H31Cl2N7O/c1-18-24(28)26(34-25(32-18)21-16-20(27)9-10-30-21)31-17-22(19-6-3-2-4-7-19)33-23(36)8-5-13-35-14-11-29-12-15-35/h2-4,6-7,9-10,16,22,29H,5,8,11-15,17H2,1H3,(H,33,36)(H,31,32,34)/t22-/m0/s1. The minimum Gasteiger partial charge on any atom is -0.366 e. The van der Waals surface area contributed by atoms with Gasteiger partial charge in [0.15, 0.2) is 5.82 Å². The molecule has 1 fully saturated rings. The van der Waals surface area contributed by atoms with E-state index in [2.05, 4.69) is 35.8 Å². The predicted molar refractivity (Wildman–Crippen MR) is 144 cm³/mol. The summed E-state index contributed by atoms with van der Waals surface area (Å²) in [4.78, 5) is 28.6. The second-order valence-electron chi connectivity index (χ2n) is 8.76. The third kappa shape index (κ3) is 7.36. The molecule has 1 aliphatic rings. The minimum atomic E-state index is -0.253. The quantitative estimate of drug-likeness (QED) is 0.365. The van der Waals surface area contributed by atoms with E-state index in [1.54, 1.807) is 18.3 Å². The number of amides is 1. The first-order valence-corrected chi connectivity index (χ1v) is 12.9. The van der Waals surface area contributed by atoms with Gasteiger partial charge in [0.1, 0.15) is 16.5 Å². The third-order valence-corrected chi connectivity index (χ3v) is 6.75. The number of hydrogen-bond acceptors (Lipinski definition) is 7. The van der Waals surface area contributed by atoms with Gasteiger partial charge in [0.05, 0.1) is 11.7 Å². The number of carbonyl (C=O) groups is 1. The normalized spacial score (nSPS) is 14.9. The molecule has 2 aromatic heterocycles. The second kappa shape index (κ2) is 13.0. The van der Waals surface area contributed by atoms with Gasteiger partial charge < -0.3 is 20.9 Å². The zero-order valence-corrected chi connectivity index (χ0v) is 21.8. The average Bonchev–Trinajstić information content (AvgIpc) is 2.89. The summed E-state index contributed by atoms with van der Waals surface area (Å²) in [7, 11) is 0. The van der Waals surface area contributed by atoms with Gasteiger partial charge in [-0.15, -0.1) is 0 Å². The Labute approximate surface area is 221 Å². The van der Waals surface area contributed by atoms with Crippen LogP contribution in [0.3, 0.4) is 0 Å². The molecule has 3 heterocycles. The fraction of sp³-hybridized carbons (Fsp3) is 0.385. The van der Waals surface area contributed by atoms with Gasteiger partial charge in [-0.05, 0) is 37.6 Å². The summed E-state index contributed by atoms with van der Waals surface area (Å²) >= 11 is 12.7. The lowest BCUT2D eigenvalue weighted by molar-refractivity contribution is -0.121. The highest BCUT2D eigenvalue weighted by atomic mass is 35.5. The van der Waals surface area contributed by atoms with Gasteiger partial charge in [0.25, 0.3) is 0 Å². The number of rotatable bonds is 10. The molecule has 0 bridgehead atoms. The van der Waals surface area contributed by atoms with Crippen LogP contribution in [0.25, 0.3) is 11.5 Å². The maximum Gasteiger partial charge on any atom is 0.220 e. The van der Waals surface area contributed by atoms with Crippen LogP contribution in [0.5, 0.6) is 0 Å². The Morgan fingerprint density at radius 3 is 2.67 bits per heavy atom. The Bertz CT molecular complexity index is 1160. The van der Waals surface area contributed by atoms with E-state index < -0.39 is 0 Å². The summed E-state index contributed by atoms with van der Waals surface area (Å²) in [6.07, 6.45) is 2.92. The summed E-state index contributed by atoms with van der Waals surface area (Å²) in [6.45, 7) is 7.24. The molecule has 10 heteroatoms. The van der Waals surface area contributed by atoms with Gasteiger partial charge in [-0.2, -0.15) is 0 Å². The van der Waals surface area contributed by atoms with Gasteiger partial charge in [-0.25, -0.2) is 9.97 Å². The lowest BCUT2D eigenvalue weighted by atomic mass is 10.1. The highest BCUT2D eigenvalue weighted by Crippen LogP contribution is 2.27. The molecule has 1 aliphatic heterocycles. The molecule has 1 saturated heterocycles. The van der Waals surface area contributed by atoms with E-state index in [0.717, 1.165) is 44.7 Å². The number of aromatic nitrogens is 3. The van der Waals surface area contributed by atoms with Gasteiger partial charge in [0, 0.05) is 50.4 Å². The number of nitrogens with zero attached hydrogens (tertiary/aromatic N) is 4. The second-order valence-corrected chi connectivity index (χ2v) is 9.58. The summed E-state index contributed by atoms with van der Waals surface area (Å²) in [5.41, 5.74) is 2.18.